The predicted octanol–water partition coefficient (Wildman–Crippen LogP) is 4.08. The van der Waals surface area contributed by atoms with Crippen molar-refractivity contribution in [2.24, 2.45) is 0 Å². The molecule has 0 unspecified atom stereocenters. The molecule has 2 aromatic rings. The van der Waals surface area contributed by atoms with E-state index in [9.17, 15) is 0 Å². The number of fused-ring (bicyclic) bond motifs is 1. The number of anilines is 2. The summed E-state index contributed by atoms with van der Waals surface area (Å²) in [7, 11) is 0. The van der Waals surface area contributed by atoms with Gasteiger partial charge in [0.25, 0.3) is 0 Å². The average Bonchev–Trinajstić information content (AvgIpc) is 2.76. The Labute approximate surface area is 109 Å². The molecule has 86 valence electrons. The van der Waals surface area contributed by atoms with Crippen LogP contribution in [0.5, 0.6) is 0 Å². The van der Waals surface area contributed by atoms with Crippen molar-refractivity contribution < 1.29 is 0 Å². The van der Waals surface area contributed by atoms with Gasteiger partial charge in [-0.3, -0.25) is 4.98 Å². The largest absolute Gasteiger partial charge is 0.354 e. The second-order valence-corrected chi connectivity index (χ2v) is 5.27. The first-order valence-electron chi connectivity index (χ1n) is 5.81. The van der Waals surface area contributed by atoms with Crippen LogP contribution in [0.4, 0.5) is 11.4 Å². The molecule has 3 rings (SSSR count). The number of halogens is 1. The molecule has 2 nitrogen and oxygen atoms in total. The van der Waals surface area contributed by atoms with Crippen LogP contribution in [0.2, 0.25) is 0 Å². The fraction of sp³-hybridized carbons (Fsp3) is 0.214. The van der Waals surface area contributed by atoms with E-state index in [0.717, 1.165) is 15.8 Å². The van der Waals surface area contributed by atoms with E-state index in [-0.39, 0.29) is 0 Å². The van der Waals surface area contributed by atoms with Crippen LogP contribution in [0.1, 0.15) is 17.5 Å². The van der Waals surface area contributed by atoms with E-state index in [1.165, 1.54) is 30.4 Å². The highest BCUT2D eigenvalue weighted by Crippen LogP contribution is 2.27. The third-order valence-electron chi connectivity index (χ3n) is 3.09. The third kappa shape index (κ3) is 2.34. The van der Waals surface area contributed by atoms with Gasteiger partial charge in [-0.05, 0) is 64.5 Å². The number of aromatic nitrogens is 1. The van der Waals surface area contributed by atoms with E-state index >= 15 is 0 Å². The van der Waals surface area contributed by atoms with Crippen molar-refractivity contribution in [2.75, 3.05) is 5.32 Å². The quantitative estimate of drug-likeness (QED) is 0.901. The summed E-state index contributed by atoms with van der Waals surface area (Å²) < 4.78 is 0.990. The van der Waals surface area contributed by atoms with Gasteiger partial charge in [0.2, 0.25) is 0 Å². The Bertz CT molecular complexity index is 552. The summed E-state index contributed by atoms with van der Waals surface area (Å²) in [5.74, 6) is 0. The van der Waals surface area contributed by atoms with Crippen molar-refractivity contribution in [3.8, 4) is 0 Å². The molecular formula is C14H13BrN2. The smallest absolute Gasteiger partial charge is 0.0582 e. The highest BCUT2D eigenvalue weighted by molar-refractivity contribution is 9.10. The molecule has 0 aliphatic heterocycles. The van der Waals surface area contributed by atoms with Gasteiger partial charge in [0, 0.05) is 16.4 Å². The molecule has 1 aliphatic rings. The van der Waals surface area contributed by atoms with E-state index < -0.39 is 0 Å². The second-order valence-electron chi connectivity index (χ2n) is 4.35. The second kappa shape index (κ2) is 4.49. The zero-order valence-electron chi connectivity index (χ0n) is 9.41. The summed E-state index contributed by atoms with van der Waals surface area (Å²) in [4.78, 5) is 4.14. The van der Waals surface area contributed by atoms with Crippen molar-refractivity contribution >= 4 is 27.3 Å². The van der Waals surface area contributed by atoms with Crippen molar-refractivity contribution in [1.82, 2.24) is 4.98 Å². The number of nitrogens with zero attached hydrogens (tertiary/aromatic N) is 1. The minimum absolute atomic E-state index is 0.990. The monoisotopic (exact) mass is 288 g/mol. The van der Waals surface area contributed by atoms with Gasteiger partial charge < -0.3 is 5.32 Å². The first-order chi connectivity index (χ1) is 8.31. The molecule has 0 atom stereocenters. The topological polar surface area (TPSA) is 24.9 Å². The maximum Gasteiger partial charge on any atom is 0.0582 e. The van der Waals surface area contributed by atoms with Gasteiger partial charge >= 0.3 is 0 Å². The lowest BCUT2D eigenvalue weighted by atomic mass is 10.1. The van der Waals surface area contributed by atoms with Crippen molar-refractivity contribution in [3.63, 3.8) is 0 Å². The molecule has 0 saturated heterocycles. The number of hydrogen-bond donors (Lipinski definition) is 1. The third-order valence-corrected chi connectivity index (χ3v) is 3.53. The number of nitrogens with one attached hydrogen (secondary N) is 1. The summed E-state index contributed by atoms with van der Waals surface area (Å²) in [6.07, 6.45) is 7.35. The Morgan fingerprint density at radius 1 is 1.00 bits per heavy atom. The normalized spacial score (nSPS) is 13.5. The SMILES string of the molecule is Brc1cncc(Nc2ccc3c(c2)CCC3)c1. The van der Waals surface area contributed by atoms with E-state index in [1.807, 2.05) is 12.3 Å². The van der Waals surface area contributed by atoms with Crippen LogP contribution >= 0.6 is 15.9 Å². The van der Waals surface area contributed by atoms with Crippen LogP contribution in [-0.2, 0) is 12.8 Å². The molecule has 1 aromatic carbocycles. The van der Waals surface area contributed by atoms with Crippen LogP contribution in [0, 0.1) is 0 Å². The molecule has 1 heterocycles. The maximum absolute atomic E-state index is 4.14. The molecule has 0 spiro atoms. The molecule has 0 radical (unpaired) electrons. The lowest BCUT2D eigenvalue weighted by Gasteiger charge is -2.08. The Balaban J connectivity index is 1.86. The summed E-state index contributed by atoms with van der Waals surface area (Å²) in [6, 6.07) is 8.66. The van der Waals surface area contributed by atoms with Gasteiger partial charge in [0.05, 0.1) is 11.9 Å². The summed E-state index contributed by atoms with van der Waals surface area (Å²) in [6.45, 7) is 0. The fourth-order valence-corrected chi connectivity index (χ4v) is 2.66. The zero-order valence-corrected chi connectivity index (χ0v) is 11.0. The summed E-state index contributed by atoms with van der Waals surface area (Å²) in [5, 5.41) is 3.38. The van der Waals surface area contributed by atoms with Gasteiger partial charge in [-0.15, -0.1) is 0 Å². The number of rotatable bonds is 2. The molecule has 3 heteroatoms. The van der Waals surface area contributed by atoms with E-state index in [0.29, 0.717) is 0 Å². The fourth-order valence-electron chi connectivity index (χ4n) is 2.30. The molecule has 0 bridgehead atoms. The van der Waals surface area contributed by atoms with Crippen LogP contribution in [0.15, 0.2) is 41.1 Å². The maximum atomic E-state index is 4.14. The molecule has 0 saturated carbocycles. The van der Waals surface area contributed by atoms with Crippen molar-refractivity contribution in [2.45, 2.75) is 19.3 Å². The van der Waals surface area contributed by atoms with Crippen LogP contribution in [0.25, 0.3) is 0 Å². The molecule has 1 N–H and O–H groups in total. The predicted molar refractivity (Wildman–Crippen MR) is 73.7 cm³/mol. The van der Waals surface area contributed by atoms with Crippen LogP contribution < -0.4 is 5.32 Å². The summed E-state index contributed by atoms with van der Waals surface area (Å²) >= 11 is 3.42. The standard InChI is InChI=1S/C14H13BrN2/c15-12-7-14(9-16-8-12)17-13-5-4-10-2-1-3-11(10)6-13/h4-9,17H,1-3H2. The first-order valence-corrected chi connectivity index (χ1v) is 6.60. The number of aryl methyl sites for hydroxylation is 2. The minimum Gasteiger partial charge on any atom is -0.354 e. The zero-order chi connectivity index (χ0) is 11.7. The Morgan fingerprint density at radius 2 is 1.88 bits per heavy atom. The van der Waals surface area contributed by atoms with Gasteiger partial charge in [-0.2, -0.15) is 0 Å². The van der Waals surface area contributed by atoms with E-state index in [4.69, 9.17) is 0 Å². The van der Waals surface area contributed by atoms with Gasteiger partial charge in [0.15, 0.2) is 0 Å². The highest BCUT2D eigenvalue weighted by Gasteiger charge is 2.10. The molecular weight excluding hydrogens is 276 g/mol. The molecule has 1 aromatic heterocycles. The number of hydrogen-bond acceptors (Lipinski definition) is 2. The van der Waals surface area contributed by atoms with E-state index in [1.54, 1.807) is 6.20 Å². The van der Waals surface area contributed by atoms with Crippen LogP contribution in [0.3, 0.4) is 0 Å². The Morgan fingerprint density at radius 3 is 2.76 bits per heavy atom. The lowest BCUT2D eigenvalue weighted by Crippen LogP contribution is -1.92. The molecule has 0 amide bonds. The Hall–Kier alpha value is -1.35. The highest BCUT2D eigenvalue weighted by atomic mass is 79.9. The minimum atomic E-state index is 0.990. The first kappa shape index (κ1) is 10.8. The van der Waals surface area contributed by atoms with Crippen molar-refractivity contribution in [1.29, 1.82) is 0 Å². The summed E-state index contributed by atoms with van der Waals surface area (Å²) in [5.41, 5.74) is 5.14. The van der Waals surface area contributed by atoms with Crippen LogP contribution in [-0.4, -0.2) is 4.98 Å². The lowest BCUT2D eigenvalue weighted by molar-refractivity contribution is 0.912. The average molecular weight is 289 g/mol. The van der Waals surface area contributed by atoms with E-state index in [2.05, 4.69) is 44.4 Å². The number of pyridine rings is 1. The Kier molecular flexibility index (Phi) is 2.85. The van der Waals surface area contributed by atoms with Gasteiger partial charge in [0.1, 0.15) is 0 Å². The van der Waals surface area contributed by atoms with Gasteiger partial charge in [-0.1, -0.05) is 6.07 Å². The van der Waals surface area contributed by atoms with Gasteiger partial charge in [-0.25, -0.2) is 0 Å². The molecule has 1 aliphatic carbocycles. The molecule has 0 fully saturated rings. The molecule has 17 heavy (non-hydrogen) atoms. The number of benzene rings is 1. The van der Waals surface area contributed by atoms with Crippen molar-refractivity contribution in [3.05, 3.63) is 52.3 Å².